The van der Waals surface area contributed by atoms with E-state index in [1.807, 2.05) is 36.4 Å². The summed E-state index contributed by atoms with van der Waals surface area (Å²) in [5, 5.41) is 2.91. The summed E-state index contributed by atoms with van der Waals surface area (Å²) >= 11 is 0. The van der Waals surface area contributed by atoms with Crippen LogP contribution < -0.4 is 10.1 Å². The molecule has 0 atom stereocenters. The molecule has 4 aromatic rings. The molecule has 0 spiro atoms. The average Bonchev–Trinajstić information content (AvgIpc) is 3.44. The molecule has 1 fully saturated rings. The number of imidazole rings is 1. The molecule has 3 aromatic heterocycles. The number of hydrogen-bond acceptors (Lipinski definition) is 5. The molecule has 1 amide bonds. The Bertz CT molecular complexity index is 1170. The number of hydrogen-bond donors (Lipinski definition) is 2. The zero-order valence-corrected chi connectivity index (χ0v) is 16.3. The van der Waals surface area contributed by atoms with Crippen molar-refractivity contribution in [2.24, 2.45) is 0 Å². The molecule has 30 heavy (non-hydrogen) atoms. The normalized spacial score (nSPS) is 14.1. The summed E-state index contributed by atoms with van der Waals surface area (Å²) in [7, 11) is 0. The lowest BCUT2D eigenvalue weighted by Gasteiger charge is -2.12. The predicted octanol–water partition coefficient (Wildman–Crippen LogP) is 4.59. The van der Waals surface area contributed by atoms with Crippen molar-refractivity contribution in [1.82, 2.24) is 19.9 Å². The fourth-order valence-corrected chi connectivity index (χ4v) is 3.68. The SMILES string of the molecule is O=C(Nc1ccc2nc(-c3ccccn3)[nH]c2c1)c1ccc(OC2CCCC2)nc1. The highest BCUT2D eigenvalue weighted by atomic mass is 16.5. The Morgan fingerprint density at radius 2 is 1.97 bits per heavy atom. The molecule has 150 valence electrons. The van der Waals surface area contributed by atoms with Crippen molar-refractivity contribution in [2.45, 2.75) is 31.8 Å². The van der Waals surface area contributed by atoms with Crippen molar-refractivity contribution in [3.05, 3.63) is 66.5 Å². The Morgan fingerprint density at radius 1 is 1.07 bits per heavy atom. The largest absolute Gasteiger partial charge is 0.474 e. The van der Waals surface area contributed by atoms with E-state index in [0.717, 1.165) is 29.6 Å². The third-order valence-electron chi connectivity index (χ3n) is 5.24. The lowest BCUT2D eigenvalue weighted by Crippen LogP contribution is -2.14. The number of carbonyl (C=O) groups excluding carboxylic acids is 1. The Kier molecular flexibility index (Phi) is 4.85. The van der Waals surface area contributed by atoms with Crippen molar-refractivity contribution < 1.29 is 9.53 Å². The van der Waals surface area contributed by atoms with Crippen LogP contribution in [0.25, 0.3) is 22.6 Å². The van der Waals surface area contributed by atoms with Crippen LogP contribution in [0.5, 0.6) is 5.88 Å². The van der Waals surface area contributed by atoms with Crippen LogP contribution >= 0.6 is 0 Å². The number of rotatable bonds is 5. The molecule has 1 aliphatic rings. The van der Waals surface area contributed by atoms with Gasteiger partial charge in [0.15, 0.2) is 5.82 Å². The minimum absolute atomic E-state index is 0.223. The van der Waals surface area contributed by atoms with E-state index >= 15 is 0 Å². The van der Waals surface area contributed by atoms with Gasteiger partial charge in [-0.2, -0.15) is 0 Å². The Hall–Kier alpha value is -3.74. The third kappa shape index (κ3) is 3.87. The summed E-state index contributed by atoms with van der Waals surface area (Å²) in [4.78, 5) is 29.0. The highest BCUT2D eigenvalue weighted by molar-refractivity contribution is 6.04. The molecule has 0 unspecified atom stereocenters. The minimum atomic E-state index is -0.223. The molecule has 2 N–H and O–H groups in total. The number of anilines is 1. The van der Waals surface area contributed by atoms with Crippen molar-refractivity contribution in [1.29, 1.82) is 0 Å². The molecular weight excluding hydrogens is 378 g/mol. The molecule has 1 aliphatic carbocycles. The number of aromatic amines is 1. The summed E-state index contributed by atoms with van der Waals surface area (Å²) in [5.41, 5.74) is 3.56. The fourth-order valence-electron chi connectivity index (χ4n) is 3.68. The van der Waals surface area contributed by atoms with E-state index in [1.54, 1.807) is 24.5 Å². The van der Waals surface area contributed by atoms with Gasteiger partial charge in [0.2, 0.25) is 5.88 Å². The smallest absolute Gasteiger partial charge is 0.257 e. The summed E-state index contributed by atoms with van der Waals surface area (Å²) in [5.74, 6) is 1.04. The number of pyridine rings is 2. The molecule has 3 heterocycles. The molecule has 1 saturated carbocycles. The Labute approximate surface area is 173 Å². The highest BCUT2D eigenvalue weighted by Crippen LogP contribution is 2.24. The van der Waals surface area contributed by atoms with Gasteiger partial charge in [-0.25, -0.2) is 9.97 Å². The topological polar surface area (TPSA) is 92.8 Å². The van der Waals surface area contributed by atoms with E-state index in [1.165, 1.54) is 12.8 Å². The maximum Gasteiger partial charge on any atom is 0.257 e. The number of amides is 1. The first-order valence-electron chi connectivity index (χ1n) is 10.1. The predicted molar refractivity (Wildman–Crippen MR) is 114 cm³/mol. The lowest BCUT2D eigenvalue weighted by atomic mass is 10.2. The maximum atomic E-state index is 12.6. The molecule has 0 saturated heterocycles. The number of H-pyrrole nitrogens is 1. The van der Waals surface area contributed by atoms with E-state index in [9.17, 15) is 4.79 Å². The molecule has 0 aliphatic heterocycles. The molecule has 0 bridgehead atoms. The van der Waals surface area contributed by atoms with E-state index in [0.29, 0.717) is 23.0 Å². The lowest BCUT2D eigenvalue weighted by molar-refractivity contribution is 0.102. The first-order chi connectivity index (χ1) is 14.7. The fraction of sp³-hybridized carbons (Fsp3) is 0.217. The quantitative estimate of drug-likeness (QED) is 0.512. The van der Waals surface area contributed by atoms with Gasteiger partial charge in [-0.15, -0.1) is 0 Å². The van der Waals surface area contributed by atoms with Gasteiger partial charge in [0, 0.05) is 24.1 Å². The number of aromatic nitrogens is 4. The number of nitrogens with zero attached hydrogens (tertiary/aromatic N) is 3. The second kappa shape index (κ2) is 7.94. The van der Waals surface area contributed by atoms with Gasteiger partial charge in [-0.3, -0.25) is 9.78 Å². The zero-order chi connectivity index (χ0) is 20.3. The maximum absolute atomic E-state index is 12.6. The van der Waals surface area contributed by atoms with Crippen molar-refractivity contribution in [3.8, 4) is 17.4 Å². The first-order valence-corrected chi connectivity index (χ1v) is 10.1. The molecule has 0 radical (unpaired) electrons. The molecule has 1 aromatic carbocycles. The minimum Gasteiger partial charge on any atom is -0.474 e. The van der Waals surface area contributed by atoms with Crippen LogP contribution in [-0.2, 0) is 0 Å². The summed E-state index contributed by atoms with van der Waals surface area (Å²) in [6, 6.07) is 14.7. The Morgan fingerprint density at radius 3 is 2.73 bits per heavy atom. The van der Waals surface area contributed by atoms with Crippen LogP contribution in [-0.4, -0.2) is 31.9 Å². The van der Waals surface area contributed by atoms with Gasteiger partial charge < -0.3 is 15.0 Å². The molecule has 7 heteroatoms. The van der Waals surface area contributed by atoms with Crippen molar-refractivity contribution in [2.75, 3.05) is 5.32 Å². The van der Waals surface area contributed by atoms with E-state index in [-0.39, 0.29) is 12.0 Å². The second-order valence-electron chi connectivity index (χ2n) is 7.40. The van der Waals surface area contributed by atoms with Crippen LogP contribution in [0.2, 0.25) is 0 Å². The average molecular weight is 399 g/mol. The highest BCUT2D eigenvalue weighted by Gasteiger charge is 2.17. The monoisotopic (exact) mass is 399 g/mol. The van der Waals surface area contributed by atoms with Gasteiger partial charge in [0.25, 0.3) is 5.91 Å². The second-order valence-corrected chi connectivity index (χ2v) is 7.40. The van der Waals surface area contributed by atoms with Crippen molar-refractivity contribution >= 4 is 22.6 Å². The van der Waals surface area contributed by atoms with Crippen LogP contribution in [0, 0.1) is 0 Å². The number of fused-ring (bicyclic) bond motifs is 1. The summed E-state index contributed by atoms with van der Waals surface area (Å²) in [6.07, 6.45) is 8.07. The van der Waals surface area contributed by atoms with Gasteiger partial charge >= 0.3 is 0 Å². The van der Waals surface area contributed by atoms with Gasteiger partial charge in [0.1, 0.15) is 11.8 Å². The van der Waals surface area contributed by atoms with Gasteiger partial charge in [-0.05, 0) is 62.1 Å². The number of carbonyl (C=O) groups is 1. The first kappa shape index (κ1) is 18.3. The van der Waals surface area contributed by atoms with E-state index in [4.69, 9.17) is 4.74 Å². The van der Waals surface area contributed by atoms with Crippen LogP contribution in [0.3, 0.4) is 0 Å². The summed E-state index contributed by atoms with van der Waals surface area (Å²) < 4.78 is 5.86. The molecule has 7 nitrogen and oxygen atoms in total. The summed E-state index contributed by atoms with van der Waals surface area (Å²) in [6.45, 7) is 0. The zero-order valence-electron chi connectivity index (χ0n) is 16.3. The standard InChI is InChI=1S/C23H21N5O2/c29-23(15-8-11-21(25-14-15)30-17-5-1-2-6-17)26-16-9-10-18-20(13-16)28-22(27-18)19-7-3-4-12-24-19/h3-4,7-14,17H,1-2,5-6H2,(H,26,29)(H,27,28). The van der Waals surface area contributed by atoms with E-state index < -0.39 is 0 Å². The number of ether oxygens (including phenoxy) is 1. The number of benzene rings is 1. The van der Waals surface area contributed by atoms with Crippen LogP contribution in [0.1, 0.15) is 36.0 Å². The van der Waals surface area contributed by atoms with Gasteiger partial charge in [0.05, 0.1) is 16.6 Å². The van der Waals surface area contributed by atoms with Crippen molar-refractivity contribution in [3.63, 3.8) is 0 Å². The van der Waals surface area contributed by atoms with Gasteiger partial charge in [-0.1, -0.05) is 6.07 Å². The van der Waals surface area contributed by atoms with Crippen LogP contribution in [0.15, 0.2) is 60.9 Å². The third-order valence-corrected chi connectivity index (χ3v) is 5.24. The molecular formula is C23H21N5O2. The van der Waals surface area contributed by atoms with E-state index in [2.05, 4.69) is 25.3 Å². The van der Waals surface area contributed by atoms with Crippen LogP contribution in [0.4, 0.5) is 5.69 Å². The Balaban J connectivity index is 1.29. The number of nitrogens with one attached hydrogen (secondary N) is 2. The molecule has 5 rings (SSSR count).